The van der Waals surface area contributed by atoms with E-state index in [0.29, 0.717) is 95.9 Å². The van der Waals surface area contributed by atoms with Gasteiger partial charge in [-0.15, -0.1) is 0 Å². The SMILES string of the molecule is CC(C#CC(C)OC(=O)c1ccccc1)OC(=O)c1ccccc1.CC(C)(C#CC(C)(C)OC(=O)c1ccccc1)OC(=O)c1ccccc1.CC(C)(CCC(C)(C)OC(=O)c1ccccc1)OC(=O)c1ccccc1.CC(CCC(C)OC(=O)c1ccccc1)OC(=O)c1ccccc1.CCC(=O)OC(C)(C)CCC(C)(C)OC(=O)CC. The molecule has 8 rings (SSSR count). The van der Waals surface area contributed by atoms with Crippen molar-refractivity contribution in [2.75, 3.05) is 0 Å². The molecule has 0 aromatic heterocycles. The summed E-state index contributed by atoms with van der Waals surface area (Å²) in [5, 5.41) is 0. The van der Waals surface area contributed by atoms with E-state index in [1.165, 1.54) is 0 Å². The maximum absolute atomic E-state index is 12.2. The highest BCUT2D eigenvalue weighted by Crippen LogP contribution is 2.29. The maximum atomic E-state index is 12.2. The molecule has 0 aliphatic carbocycles. The minimum atomic E-state index is -1.02. The predicted octanol–water partition coefficient (Wildman–Crippen LogP) is 20.3. The van der Waals surface area contributed by atoms with Crippen molar-refractivity contribution in [3.05, 3.63) is 287 Å². The van der Waals surface area contributed by atoms with Gasteiger partial charge in [0.1, 0.15) is 22.4 Å². The minimum absolute atomic E-state index is 0.205. The summed E-state index contributed by atoms with van der Waals surface area (Å²) >= 11 is 0. The fourth-order valence-corrected chi connectivity index (χ4v) is 10.2. The standard InChI is InChI=1S/C22H26O4.C22H22O4.C20H22O4.C20H18O4.C14H26O4/c2*1-21(2,25-19(23)17-11-7-5-8-12-17)15-16-22(3,4)26-20(24)18-13-9-6-10-14-18;2*1-15(23-19(21)17-9-5-3-6-10-17)13-14-16(2)24-20(22)18-11-7-4-8-12-18;1-7-11(15)17-13(3,4)9-10-14(5,6)18-12(16)8-2/h5-14H,15-16H2,1-4H3;5-14H,1-4H3;3-12,15-16H,13-14H2,1-2H3;3-12,15-16H,1-2H3;7-10H2,1-6H3. The molecule has 0 spiro atoms. The molecular formula is C98H114O20. The van der Waals surface area contributed by atoms with E-state index < -0.39 is 69.7 Å². The molecule has 20 nitrogen and oxygen atoms in total. The molecule has 0 N–H and O–H groups in total. The average Bonchev–Trinajstić information content (AvgIpc) is 0.855. The van der Waals surface area contributed by atoms with E-state index in [-0.39, 0.29) is 48.0 Å². The van der Waals surface area contributed by atoms with Crippen molar-refractivity contribution in [2.45, 2.75) is 234 Å². The Labute approximate surface area is 696 Å². The summed E-state index contributed by atoms with van der Waals surface area (Å²) < 4.78 is 54.1. The van der Waals surface area contributed by atoms with Gasteiger partial charge < -0.3 is 47.4 Å². The summed E-state index contributed by atoms with van der Waals surface area (Å²) in [6, 6.07) is 70.4. The molecule has 8 aromatic rings. The average molecular weight is 1610 g/mol. The van der Waals surface area contributed by atoms with Crippen LogP contribution in [0.5, 0.6) is 0 Å². The van der Waals surface area contributed by atoms with Crippen LogP contribution in [0.3, 0.4) is 0 Å². The third-order valence-corrected chi connectivity index (χ3v) is 16.8. The summed E-state index contributed by atoms with van der Waals surface area (Å²) in [5.74, 6) is 7.74. The normalized spacial score (nSPS) is 12.0. The third kappa shape index (κ3) is 40.2. The van der Waals surface area contributed by atoms with Crippen LogP contribution in [0.15, 0.2) is 243 Å². The molecule has 20 heteroatoms. The molecule has 0 saturated heterocycles. The van der Waals surface area contributed by atoms with Crippen LogP contribution in [-0.4, -0.2) is 118 Å². The van der Waals surface area contributed by atoms with E-state index >= 15 is 0 Å². The first-order valence-corrected chi connectivity index (χ1v) is 39.3. The Balaban J connectivity index is 0.000000312. The maximum Gasteiger partial charge on any atom is 0.339 e. The molecular weight excluding hydrogens is 1500 g/mol. The fraction of sp³-hybridized carbons (Fsp3) is 0.367. The van der Waals surface area contributed by atoms with Gasteiger partial charge in [-0.1, -0.05) is 183 Å². The number of carbonyl (C=O) groups excluding carboxylic acids is 10. The van der Waals surface area contributed by atoms with Gasteiger partial charge in [-0.05, 0) is 246 Å². The molecule has 0 fully saturated rings. The molecule has 0 amide bonds. The topological polar surface area (TPSA) is 263 Å². The van der Waals surface area contributed by atoms with Gasteiger partial charge in [-0.2, -0.15) is 0 Å². The van der Waals surface area contributed by atoms with E-state index in [4.69, 9.17) is 47.4 Å². The molecule has 0 heterocycles. The number of hydrogen-bond acceptors (Lipinski definition) is 20. The highest BCUT2D eigenvalue weighted by Gasteiger charge is 2.33. The molecule has 4 atom stereocenters. The van der Waals surface area contributed by atoms with Gasteiger partial charge in [-0.3, -0.25) is 9.59 Å². The van der Waals surface area contributed by atoms with Gasteiger partial charge in [-0.25, -0.2) is 38.4 Å². The second-order valence-corrected chi connectivity index (χ2v) is 30.8. The Hall–Kier alpha value is -12.4. The molecule has 0 aliphatic rings. The number of benzene rings is 8. The minimum Gasteiger partial charge on any atom is -0.460 e. The summed E-state index contributed by atoms with van der Waals surface area (Å²) in [4.78, 5) is 119. The van der Waals surface area contributed by atoms with Crippen molar-refractivity contribution < 1.29 is 95.3 Å². The number of rotatable bonds is 29. The first kappa shape index (κ1) is 97.9. The quantitative estimate of drug-likeness (QED) is 0.0239. The summed E-state index contributed by atoms with van der Waals surface area (Å²) in [7, 11) is 0. The second kappa shape index (κ2) is 48.8. The van der Waals surface area contributed by atoms with Gasteiger partial charge in [0, 0.05) is 12.8 Å². The van der Waals surface area contributed by atoms with Gasteiger partial charge in [0.05, 0.1) is 56.7 Å². The van der Waals surface area contributed by atoms with Crippen molar-refractivity contribution in [3.63, 3.8) is 0 Å². The van der Waals surface area contributed by atoms with Crippen LogP contribution in [0.4, 0.5) is 0 Å². The Kier molecular flexibility index (Phi) is 40.5. The van der Waals surface area contributed by atoms with Gasteiger partial charge >= 0.3 is 59.7 Å². The van der Waals surface area contributed by atoms with E-state index in [0.717, 1.165) is 0 Å². The lowest BCUT2D eigenvalue weighted by Gasteiger charge is -2.31. The van der Waals surface area contributed by atoms with Crippen LogP contribution in [0.1, 0.15) is 259 Å². The van der Waals surface area contributed by atoms with Crippen molar-refractivity contribution in [2.24, 2.45) is 0 Å². The summed E-state index contributed by atoms with van der Waals surface area (Å²) in [6.07, 6.45) is 2.77. The third-order valence-electron chi connectivity index (χ3n) is 16.8. The van der Waals surface area contributed by atoms with Crippen LogP contribution >= 0.6 is 0 Å². The van der Waals surface area contributed by atoms with Crippen LogP contribution in [0.25, 0.3) is 0 Å². The van der Waals surface area contributed by atoms with E-state index in [9.17, 15) is 47.9 Å². The Morgan fingerprint density at radius 2 is 0.432 bits per heavy atom. The van der Waals surface area contributed by atoms with E-state index in [2.05, 4.69) is 23.7 Å². The first-order chi connectivity index (χ1) is 55.6. The predicted molar refractivity (Wildman–Crippen MR) is 453 cm³/mol. The van der Waals surface area contributed by atoms with Crippen LogP contribution in [0, 0.1) is 23.7 Å². The molecule has 0 radical (unpaired) electrons. The summed E-state index contributed by atoms with van der Waals surface area (Å²) in [5.41, 5.74) is -0.462. The molecule has 4 unspecified atom stereocenters. The lowest BCUT2D eigenvalue weighted by Crippen LogP contribution is -2.34. The van der Waals surface area contributed by atoms with Crippen molar-refractivity contribution in [3.8, 4) is 23.7 Å². The second-order valence-electron chi connectivity index (χ2n) is 30.8. The smallest absolute Gasteiger partial charge is 0.339 e. The number of carbonyl (C=O) groups is 10. The van der Waals surface area contributed by atoms with Crippen LogP contribution < -0.4 is 0 Å². The van der Waals surface area contributed by atoms with Gasteiger partial charge in [0.15, 0.2) is 23.4 Å². The number of ether oxygens (including phenoxy) is 10. The molecule has 0 saturated carbocycles. The zero-order valence-electron chi connectivity index (χ0n) is 71.2. The first-order valence-electron chi connectivity index (χ1n) is 39.3. The highest BCUT2D eigenvalue weighted by atomic mass is 16.6. The molecule has 0 aliphatic heterocycles. The molecule has 0 bridgehead atoms. The van der Waals surface area contributed by atoms with E-state index in [1.54, 1.807) is 250 Å². The lowest BCUT2D eigenvalue weighted by molar-refractivity contribution is -0.163. The van der Waals surface area contributed by atoms with E-state index in [1.807, 2.05) is 118 Å². The Morgan fingerprint density at radius 1 is 0.254 bits per heavy atom. The highest BCUT2D eigenvalue weighted by molar-refractivity contribution is 5.93. The summed E-state index contributed by atoms with van der Waals surface area (Å²) in [6.45, 7) is 32.3. The van der Waals surface area contributed by atoms with Crippen molar-refractivity contribution >= 4 is 59.7 Å². The van der Waals surface area contributed by atoms with Crippen LogP contribution in [0.2, 0.25) is 0 Å². The Bertz CT molecular complexity index is 4290. The Morgan fingerprint density at radius 3 is 0.636 bits per heavy atom. The monoisotopic (exact) mass is 1610 g/mol. The van der Waals surface area contributed by atoms with Crippen molar-refractivity contribution in [1.29, 1.82) is 0 Å². The largest absolute Gasteiger partial charge is 0.460 e. The van der Waals surface area contributed by atoms with Crippen molar-refractivity contribution in [1.82, 2.24) is 0 Å². The van der Waals surface area contributed by atoms with Gasteiger partial charge in [0.2, 0.25) is 0 Å². The molecule has 118 heavy (non-hydrogen) atoms. The molecule has 626 valence electrons. The zero-order chi connectivity index (χ0) is 87.5. The van der Waals surface area contributed by atoms with Gasteiger partial charge in [0.25, 0.3) is 0 Å². The zero-order valence-corrected chi connectivity index (χ0v) is 71.2. The lowest BCUT2D eigenvalue weighted by atomic mass is 9.93. The van der Waals surface area contributed by atoms with Crippen LogP contribution in [-0.2, 0) is 57.0 Å². The number of esters is 10. The fourth-order valence-electron chi connectivity index (χ4n) is 10.2. The number of hydrogen-bond donors (Lipinski definition) is 0. The molecule has 8 aromatic carbocycles.